The van der Waals surface area contributed by atoms with Gasteiger partial charge in [0.15, 0.2) is 6.39 Å². The normalized spacial score (nSPS) is 10.1. The van der Waals surface area contributed by atoms with Crippen molar-refractivity contribution in [3.05, 3.63) is 47.1 Å². The second kappa shape index (κ2) is 4.28. The van der Waals surface area contributed by atoms with Crippen LogP contribution in [-0.4, -0.2) is 4.98 Å². The molecule has 0 aliphatic heterocycles. The van der Waals surface area contributed by atoms with Crippen LogP contribution in [0.25, 0.3) is 0 Å². The molecule has 14 heavy (non-hydrogen) atoms. The molecule has 1 aromatic heterocycles. The fourth-order valence-electron chi connectivity index (χ4n) is 1.02. The third kappa shape index (κ3) is 2.14. The van der Waals surface area contributed by atoms with Crippen molar-refractivity contribution < 1.29 is 9.15 Å². The van der Waals surface area contributed by atoms with E-state index in [1.165, 1.54) is 6.39 Å². The number of nitrogens with zero attached hydrogens (tertiary/aromatic N) is 1. The van der Waals surface area contributed by atoms with Gasteiger partial charge in [-0.15, -0.1) is 0 Å². The maximum absolute atomic E-state index is 5.51. The number of ether oxygens (including phenoxy) is 1. The van der Waals surface area contributed by atoms with E-state index >= 15 is 0 Å². The van der Waals surface area contributed by atoms with Crippen molar-refractivity contribution in [3.8, 4) is 5.75 Å². The van der Waals surface area contributed by atoms with Gasteiger partial charge in [0.2, 0.25) is 0 Å². The smallest absolute Gasteiger partial charge is 0.180 e. The molecule has 72 valence electrons. The van der Waals surface area contributed by atoms with E-state index < -0.39 is 0 Å². The minimum atomic E-state index is 0.416. The minimum absolute atomic E-state index is 0.416. The molecule has 0 atom stereocenters. The SMILES string of the molecule is Brc1ccccc1OCc1cocn1. The van der Waals surface area contributed by atoms with Crippen LogP contribution in [0.15, 0.2) is 45.8 Å². The third-order valence-electron chi connectivity index (χ3n) is 1.70. The fraction of sp³-hybridized carbons (Fsp3) is 0.100. The Balaban J connectivity index is 2.02. The average molecular weight is 254 g/mol. The molecule has 0 spiro atoms. The van der Waals surface area contributed by atoms with Crippen LogP contribution >= 0.6 is 15.9 Å². The summed E-state index contributed by atoms with van der Waals surface area (Å²) in [5, 5.41) is 0. The molecule has 0 N–H and O–H groups in total. The summed E-state index contributed by atoms with van der Waals surface area (Å²) in [7, 11) is 0. The molecule has 0 aliphatic rings. The van der Waals surface area contributed by atoms with Crippen molar-refractivity contribution in [1.82, 2.24) is 4.98 Å². The molecule has 0 aliphatic carbocycles. The summed E-state index contributed by atoms with van der Waals surface area (Å²) >= 11 is 3.39. The lowest BCUT2D eigenvalue weighted by molar-refractivity contribution is 0.299. The summed E-state index contributed by atoms with van der Waals surface area (Å²) in [6, 6.07) is 7.68. The van der Waals surface area contributed by atoms with Gasteiger partial charge in [-0.25, -0.2) is 4.98 Å². The molecule has 1 heterocycles. The molecule has 0 fully saturated rings. The molecule has 1 aromatic carbocycles. The number of benzene rings is 1. The topological polar surface area (TPSA) is 35.3 Å². The van der Waals surface area contributed by atoms with E-state index in [0.29, 0.717) is 6.61 Å². The first-order valence-electron chi connectivity index (χ1n) is 4.10. The van der Waals surface area contributed by atoms with Crippen molar-refractivity contribution in [2.45, 2.75) is 6.61 Å². The number of aromatic nitrogens is 1. The summed E-state index contributed by atoms with van der Waals surface area (Å²) < 4.78 is 11.3. The molecular formula is C10H8BrNO2. The van der Waals surface area contributed by atoms with Gasteiger partial charge in [-0.2, -0.15) is 0 Å². The predicted molar refractivity (Wildman–Crippen MR) is 55.0 cm³/mol. The maximum atomic E-state index is 5.51. The van der Waals surface area contributed by atoms with Gasteiger partial charge < -0.3 is 9.15 Å². The van der Waals surface area contributed by atoms with Crippen LogP contribution < -0.4 is 4.74 Å². The van der Waals surface area contributed by atoms with Gasteiger partial charge in [0.25, 0.3) is 0 Å². The maximum Gasteiger partial charge on any atom is 0.180 e. The van der Waals surface area contributed by atoms with Crippen LogP contribution in [0.4, 0.5) is 0 Å². The van der Waals surface area contributed by atoms with Crippen molar-refractivity contribution >= 4 is 15.9 Å². The van der Waals surface area contributed by atoms with Gasteiger partial charge in [0.1, 0.15) is 24.3 Å². The average Bonchev–Trinajstić information content (AvgIpc) is 2.69. The van der Waals surface area contributed by atoms with E-state index in [4.69, 9.17) is 9.15 Å². The van der Waals surface area contributed by atoms with Gasteiger partial charge in [-0.05, 0) is 28.1 Å². The van der Waals surface area contributed by atoms with Crippen LogP contribution in [0.3, 0.4) is 0 Å². The summed E-state index contributed by atoms with van der Waals surface area (Å²) in [4.78, 5) is 3.95. The summed E-state index contributed by atoms with van der Waals surface area (Å²) in [5.74, 6) is 0.801. The van der Waals surface area contributed by atoms with Crippen LogP contribution in [0.5, 0.6) is 5.75 Å². The third-order valence-corrected chi connectivity index (χ3v) is 2.35. The minimum Gasteiger partial charge on any atom is -0.486 e. The van der Waals surface area contributed by atoms with E-state index in [1.807, 2.05) is 24.3 Å². The fourth-order valence-corrected chi connectivity index (χ4v) is 1.42. The number of oxazole rings is 1. The Bertz CT molecular complexity index is 400. The highest BCUT2D eigenvalue weighted by Gasteiger charge is 2.01. The lowest BCUT2D eigenvalue weighted by Gasteiger charge is -2.05. The van der Waals surface area contributed by atoms with Crippen LogP contribution in [0.2, 0.25) is 0 Å². The number of halogens is 1. The van der Waals surface area contributed by atoms with Gasteiger partial charge >= 0.3 is 0 Å². The highest BCUT2D eigenvalue weighted by molar-refractivity contribution is 9.10. The number of hydrogen-bond acceptors (Lipinski definition) is 3. The molecule has 4 heteroatoms. The Kier molecular flexibility index (Phi) is 2.84. The molecule has 2 aromatic rings. The van der Waals surface area contributed by atoms with E-state index in [2.05, 4.69) is 20.9 Å². The standard InChI is InChI=1S/C10H8BrNO2/c11-9-3-1-2-4-10(9)14-6-8-5-13-7-12-8/h1-5,7H,6H2. The van der Waals surface area contributed by atoms with Crippen molar-refractivity contribution in [3.63, 3.8) is 0 Å². The Morgan fingerprint density at radius 1 is 1.36 bits per heavy atom. The van der Waals surface area contributed by atoms with Crippen LogP contribution in [0, 0.1) is 0 Å². The highest BCUT2D eigenvalue weighted by Crippen LogP contribution is 2.24. The molecule has 0 unspecified atom stereocenters. The monoisotopic (exact) mass is 253 g/mol. The number of para-hydroxylation sites is 1. The summed E-state index contributed by atoms with van der Waals surface area (Å²) in [6.45, 7) is 0.416. The van der Waals surface area contributed by atoms with Crippen molar-refractivity contribution in [2.24, 2.45) is 0 Å². The first-order valence-corrected chi connectivity index (χ1v) is 4.90. The number of rotatable bonds is 3. The zero-order valence-corrected chi connectivity index (χ0v) is 8.90. The zero-order valence-electron chi connectivity index (χ0n) is 7.31. The second-order valence-electron chi connectivity index (χ2n) is 2.70. The molecule has 0 radical (unpaired) electrons. The largest absolute Gasteiger partial charge is 0.486 e. The molecular weight excluding hydrogens is 246 g/mol. The molecule has 0 saturated heterocycles. The molecule has 2 rings (SSSR count). The van der Waals surface area contributed by atoms with Crippen LogP contribution in [0.1, 0.15) is 5.69 Å². The lowest BCUT2D eigenvalue weighted by atomic mass is 10.3. The number of hydrogen-bond donors (Lipinski definition) is 0. The summed E-state index contributed by atoms with van der Waals surface area (Å²) in [6.07, 6.45) is 2.95. The molecule has 3 nitrogen and oxygen atoms in total. The second-order valence-corrected chi connectivity index (χ2v) is 3.55. The molecule has 0 bridgehead atoms. The molecule has 0 saturated carbocycles. The quantitative estimate of drug-likeness (QED) is 0.844. The van der Waals surface area contributed by atoms with Gasteiger partial charge in [-0.3, -0.25) is 0 Å². The Hall–Kier alpha value is -1.29. The molecule has 0 amide bonds. The predicted octanol–water partition coefficient (Wildman–Crippen LogP) is 3.02. The van der Waals surface area contributed by atoms with Gasteiger partial charge in [0, 0.05) is 0 Å². The van der Waals surface area contributed by atoms with E-state index in [-0.39, 0.29) is 0 Å². The first kappa shape index (κ1) is 9.27. The van der Waals surface area contributed by atoms with E-state index in [1.54, 1.807) is 6.26 Å². The lowest BCUT2D eigenvalue weighted by Crippen LogP contribution is -1.95. The summed E-state index contributed by atoms with van der Waals surface area (Å²) in [5.41, 5.74) is 0.778. The Labute approximate surface area is 89.8 Å². The first-order chi connectivity index (χ1) is 6.86. The zero-order chi connectivity index (χ0) is 9.80. The Morgan fingerprint density at radius 3 is 2.93 bits per heavy atom. The van der Waals surface area contributed by atoms with Crippen molar-refractivity contribution in [2.75, 3.05) is 0 Å². The van der Waals surface area contributed by atoms with Crippen molar-refractivity contribution in [1.29, 1.82) is 0 Å². The Morgan fingerprint density at radius 2 is 2.21 bits per heavy atom. The van der Waals surface area contributed by atoms with E-state index in [0.717, 1.165) is 15.9 Å². The van der Waals surface area contributed by atoms with E-state index in [9.17, 15) is 0 Å². The van der Waals surface area contributed by atoms with Crippen LogP contribution in [-0.2, 0) is 6.61 Å². The van der Waals surface area contributed by atoms with Gasteiger partial charge in [0.05, 0.1) is 4.47 Å². The van der Waals surface area contributed by atoms with Gasteiger partial charge in [-0.1, -0.05) is 12.1 Å². The highest BCUT2D eigenvalue weighted by atomic mass is 79.9.